The van der Waals surface area contributed by atoms with Crippen LogP contribution in [-0.4, -0.2) is 45.1 Å². The van der Waals surface area contributed by atoms with E-state index >= 15 is 0 Å². The zero-order valence-corrected chi connectivity index (χ0v) is 13.8. The minimum atomic E-state index is -0.0812. The van der Waals surface area contributed by atoms with Crippen molar-refractivity contribution in [2.75, 3.05) is 19.6 Å². The van der Waals surface area contributed by atoms with Gasteiger partial charge in [-0.05, 0) is 12.8 Å². The summed E-state index contributed by atoms with van der Waals surface area (Å²) in [5, 5.41) is 7.31. The summed E-state index contributed by atoms with van der Waals surface area (Å²) in [7, 11) is 1.95. The summed E-state index contributed by atoms with van der Waals surface area (Å²) in [6.45, 7) is 2.12. The number of hydrogen-bond acceptors (Lipinski definition) is 5. The van der Waals surface area contributed by atoms with Gasteiger partial charge in [-0.15, -0.1) is 12.4 Å². The van der Waals surface area contributed by atoms with Gasteiger partial charge in [-0.1, -0.05) is 5.16 Å². The van der Waals surface area contributed by atoms with Gasteiger partial charge in [-0.3, -0.25) is 4.79 Å². The van der Waals surface area contributed by atoms with Crippen LogP contribution in [0.4, 0.5) is 0 Å². The topological polar surface area (TPSA) is 76.2 Å². The van der Waals surface area contributed by atoms with Gasteiger partial charge in [0.25, 0.3) is 5.91 Å². The number of hydrogen-bond donors (Lipinski definition) is 1. The SMILES string of the molecule is Cl.Cn1ccnc1C1CNCCN1C(=O)c1cc(C2CC2)on1. The molecule has 1 amide bonds. The number of carbonyl (C=O) groups is 1. The second-order valence-corrected chi connectivity index (χ2v) is 6.00. The van der Waals surface area contributed by atoms with E-state index in [1.54, 1.807) is 12.3 Å². The van der Waals surface area contributed by atoms with Gasteiger partial charge in [0.15, 0.2) is 5.69 Å². The zero-order chi connectivity index (χ0) is 15.1. The molecule has 23 heavy (non-hydrogen) atoms. The maximum Gasteiger partial charge on any atom is 0.276 e. The highest BCUT2D eigenvalue weighted by molar-refractivity contribution is 5.92. The molecule has 0 bridgehead atoms. The lowest BCUT2D eigenvalue weighted by atomic mass is 10.1. The molecular weight excluding hydrogens is 318 g/mol. The molecule has 2 aromatic heterocycles. The summed E-state index contributed by atoms with van der Waals surface area (Å²) in [6.07, 6.45) is 5.92. The Kier molecular flexibility index (Phi) is 4.41. The van der Waals surface area contributed by atoms with Gasteiger partial charge in [0.05, 0.1) is 0 Å². The third-order valence-electron chi connectivity index (χ3n) is 4.39. The molecule has 1 N–H and O–H groups in total. The number of nitrogens with zero attached hydrogens (tertiary/aromatic N) is 4. The normalized spacial score (nSPS) is 21.1. The molecule has 1 unspecified atom stereocenters. The average Bonchev–Trinajstić information content (AvgIpc) is 3.11. The molecule has 1 atom stereocenters. The zero-order valence-electron chi connectivity index (χ0n) is 12.9. The number of halogens is 1. The summed E-state index contributed by atoms with van der Waals surface area (Å²) in [5.41, 5.74) is 0.406. The monoisotopic (exact) mass is 337 g/mol. The second-order valence-electron chi connectivity index (χ2n) is 6.00. The van der Waals surface area contributed by atoms with E-state index in [-0.39, 0.29) is 24.4 Å². The highest BCUT2D eigenvalue weighted by Crippen LogP contribution is 2.40. The van der Waals surface area contributed by atoms with Crippen molar-refractivity contribution in [3.05, 3.63) is 35.7 Å². The van der Waals surface area contributed by atoms with Crippen molar-refractivity contribution in [3.63, 3.8) is 0 Å². The number of aryl methyl sites for hydroxylation is 1. The molecule has 1 aliphatic heterocycles. The van der Waals surface area contributed by atoms with Crippen LogP contribution in [0.1, 0.15) is 46.9 Å². The van der Waals surface area contributed by atoms with Crippen LogP contribution in [0.15, 0.2) is 23.0 Å². The van der Waals surface area contributed by atoms with Crippen LogP contribution in [0.5, 0.6) is 0 Å². The van der Waals surface area contributed by atoms with E-state index in [9.17, 15) is 4.79 Å². The molecule has 4 rings (SSSR count). The fourth-order valence-electron chi connectivity index (χ4n) is 2.97. The summed E-state index contributed by atoms with van der Waals surface area (Å²) in [4.78, 5) is 19.0. The van der Waals surface area contributed by atoms with Crippen LogP contribution in [0.25, 0.3) is 0 Å². The largest absolute Gasteiger partial charge is 0.360 e. The third-order valence-corrected chi connectivity index (χ3v) is 4.39. The van der Waals surface area contributed by atoms with Crippen LogP contribution in [-0.2, 0) is 7.05 Å². The predicted octanol–water partition coefficient (Wildman–Crippen LogP) is 1.49. The Morgan fingerprint density at radius 3 is 2.96 bits per heavy atom. The molecule has 8 heteroatoms. The fourth-order valence-corrected chi connectivity index (χ4v) is 2.97. The number of imidazole rings is 1. The third kappa shape index (κ3) is 2.98. The maximum absolute atomic E-state index is 12.8. The molecule has 2 aliphatic rings. The Hall–Kier alpha value is -1.86. The van der Waals surface area contributed by atoms with Crippen LogP contribution in [0, 0.1) is 0 Å². The first-order valence-corrected chi connectivity index (χ1v) is 7.69. The number of piperazine rings is 1. The first kappa shape index (κ1) is 16.0. The summed E-state index contributed by atoms with van der Waals surface area (Å²) >= 11 is 0. The molecular formula is C15H20ClN5O2. The number of amides is 1. The minimum absolute atomic E-state index is 0. The second kappa shape index (κ2) is 6.33. The minimum Gasteiger partial charge on any atom is -0.360 e. The Labute approximate surface area is 140 Å². The van der Waals surface area contributed by atoms with Gasteiger partial charge in [0.1, 0.15) is 17.6 Å². The molecule has 3 heterocycles. The smallest absolute Gasteiger partial charge is 0.276 e. The van der Waals surface area contributed by atoms with E-state index in [0.717, 1.165) is 31.0 Å². The van der Waals surface area contributed by atoms with Crippen LogP contribution < -0.4 is 5.32 Å². The Balaban J connectivity index is 0.00000156. The Bertz CT molecular complexity index is 694. The van der Waals surface area contributed by atoms with Gasteiger partial charge >= 0.3 is 0 Å². The van der Waals surface area contributed by atoms with Crippen molar-refractivity contribution in [2.24, 2.45) is 7.05 Å². The van der Waals surface area contributed by atoms with Crippen molar-refractivity contribution in [1.29, 1.82) is 0 Å². The number of carbonyl (C=O) groups excluding carboxylic acids is 1. The van der Waals surface area contributed by atoms with Crippen molar-refractivity contribution in [3.8, 4) is 0 Å². The lowest BCUT2D eigenvalue weighted by Crippen LogP contribution is -2.49. The van der Waals surface area contributed by atoms with Gasteiger partial charge in [0, 0.05) is 51.1 Å². The highest BCUT2D eigenvalue weighted by Gasteiger charge is 2.34. The molecule has 1 aliphatic carbocycles. The number of aromatic nitrogens is 3. The average molecular weight is 338 g/mol. The molecule has 1 saturated heterocycles. The molecule has 0 aromatic carbocycles. The van der Waals surface area contributed by atoms with Crippen molar-refractivity contribution >= 4 is 18.3 Å². The van der Waals surface area contributed by atoms with Crippen molar-refractivity contribution < 1.29 is 9.32 Å². The van der Waals surface area contributed by atoms with E-state index in [0.29, 0.717) is 24.7 Å². The lowest BCUT2D eigenvalue weighted by Gasteiger charge is -2.35. The Morgan fingerprint density at radius 2 is 2.26 bits per heavy atom. The van der Waals surface area contributed by atoms with Gasteiger partial charge in [-0.2, -0.15) is 0 Å². The van der Waals surface area contributed by atoms with Crippen molar-refractivity contribution in [1.82, 2.24) is 24.9 Å². The quantitative estimate of drug-likeness (QED) is 0.918. The summed E-state index contributed by atoms with van der Waals surface area (Å²) in [5.74, 6) is 2.10. The molecule has 0 radical (unpaired) electrons. The standard InChI is InChI=1S/C15H19N5O2.ClH/c1-19-6-5-17-14(19)12-9-16-4-7-20(12)15(21)11-8-13(22-18-11)10-2-3-10;/h5-6,8,10,12,16H,2-4,7,9H2,1H3;1H. The molecule has 0 spiro atoms. The molecule has 7 nitrogen and oxygen atoms in total. The number of nitrogens with one attached hydrogen (secondary N) is 1. The number of rotatable bonds is 3. The van der Waals surface area contributed by atoms with Gasteiger partial charge in [-0.25, -0.2) is 4.98 Å². The summed E-state index contributed by atoms with van der Waals surface area (Å²) in [6, 6.07) is 1.72. The van der Waals surface area contributed by atoms with E-state index in [4.69, 9.17) is 4.52 Å². The van der Waals surface area contributed by atoms with E-state index in [1.807, 2.05) is 22.7 Å². The van der Waals surface area contributed by atoms with Crippen LogP contribution >= 0.6 is 12.4 Å². The van der Waals surface area contributed by atoms with Gasteiger partial charge < -0.3 is 19.3 Å². The van der Waals surface area contributed by atoms with Crippen LogP contribution in [0.3, 0.4) is 0 Å². The molecule has 2 fully saturated rings. The highest BCUT2D eigenvalue weighted by atomic mass is 35.5. The van der Waals surface area contributed by atoms with Crippen molar-refractivity contribution in [2.45, 2.75) is 24.8 Å². The Morgan fingerprint density at radius 1 is 1.43 bits per heavy atom. The fraction of sp³-hybridized carbons (Fsp3) is 0.533. The van der Waals surface area contributed by atoms with Gasteiger partial charge in [0.2, 0.25) is 0 Å². The van der Waals surface area contributed by atoms with Crippen LogP contribution in [0.2, 0.25) is 0 Å². The van der Waals surface area contributed by atoms with E-state index in [1.165, 1.54) is 0 Å². The molecule has 124 valence electrons. The van der Waals surface area contributed by atoms with E-state index < -0.39 is 0 Å². The maximum atomic E-state index is 12.8. The predicted molar refractivity (Wildman–Crippen MR) is 85.6 cm³/mol. The summed E-state index contributed by atoms with van der Waals surface area (Å²) < 4.78 is 7.27. The lowest BCUT2D eigenvalue weighted by molar-refractivity contribution is 0.0610. The van der Waals surface area contributed by atoms with E-state index in [2.05, 4.69) is 15.5 Å². The first-order chi connectivity index (χ1) is 10.7. The molecule has 1 saturated carbocycles. The molecule has 2 aromatic rings. The first-order valence-electron chi connectivity index (χ1n) is 7.69.